The van der Waals surface area contributed by atoms with Crippen molar-refractivity contribution in [2.75, 3.05) is 26.8 Å². The maximum atomic E-state index is 13.4. The predicted octanol–water partition coefficient (Wildman–Crippen LogP) is 3.09. The zero-order chi connectivity index (χ0) is 23.3. The van der Waals surface area contributed by atoms with Crippen LogP contribution in [0.15, 0.2) is 41.4 Å². The molecule has 174 valence electrons. The Morgan fingerprint density at radius 1 is 1.19 bits per heavy atom. The van der Waals surface area contributed by atoms with E-state index >= 15 is 0 Å². The van der Waals surface area contributed by atoms with Gasteiger partial charge in [-0.3, -0.25) is 4.79 Å². The van der Waals surface area contributed by atoms with Crippen LogP contribution >= 0.6 is 0 Å². The minimum Gasteiger partial charge on any atom is -0.495 e. The lowest BCUT2D eigenvalue weighted by Crippen LogP contribution is -2.42. The Hall–Kier alpha value is -2.65. The number of aromatic nitrogens is 1. The Morgan fingerprint density at radius 2 is 1.91 bits per heavy atom. The minimum atomic E-state index is -3.80. The van der Waals surface area contributed by atoms with Crippen LogP contribution in [0.3, 0.4) is 0 Å². The fraction of sp³-hybridized carbons (Fsp3) is 0.478. The molecule has 0 bridgehead atoms. The number of rotatable bonds is 8. The third-order valence-electron chi connectivity index (χ3n) is 5.42. The van der Waals surface area contributed by atoms with Crippen LogP contribution in [-0.4, -0.2) is 50.4 Å². The van der Waals surface area contributed by atoms with E-state index in [1.54, 1.807) is 24.4 Å². The molecule has 1 aliphatic heterocycles. The van der Waals surface area contributed by atoms with E-state index in [-0.39, 0.29) is 40.5 Å². The Kier molecular flexibility index (Phi) is 7.73. The molecule has 0 radical (unpaired) electrons. The van der Waals surface area contributed by atoms with Crippen LogP contribution in [0, 0.1) is 11.8 Å². The van der Waals surface area contributed by atoms with Gasteiger partial charge in [-0.05, 0) is 55.0 Å². The molecule has 1 fully saturated rings. The van der Waals surface area contributed by atoms with Crippen molar-refractivity contribution < 1.29 is 22.7 Å². The molecule has 0 saturated carbocycles. The summed E-state index contributed by atoms with van der Waals surface area (Å²) >= 11 is 0. The third kappa shape index (κ3) is 5.58. The molecule has 2 unspecified atom stereocenters. The predicted molar refractivity (Wildman–Crippen MR) is 121 cm³/mol. The van der Waals surface area contributed by atoms with E-state index in [2.05, 4.69) is 24.1 Å². The summed E-state index contributed by atoms with van der Waals surface area (Å²) in [6, 6.07) is 8.02. The largest absolute Gasteiger partial charge is 0.495 e. The van der Waals surface area contributed by atoms with Crippen LogP contribution in [0.2, 0.25) is 0 Å². The highest BCUT2D eigenvalue weighted by atomic mass is 32.2. The SMILES string of the molecule is CCOc1cc(CNC(=O)c2ccc(OC)c(S(=O)(=O)N3CC(C)CC(C)C3)c2)ccn1. The second kappa shape index (κ2) is 10.3. The second-order valence-corrected chi connectivity index (χ2v) is 10.2. The summed E-state index contributed by atoms with van der Waals surface area (Å²) in [6.45, 7) is 7.64. The van der Waals surface area contributed by atoms with Crippen molar-refractivity contribution in [1.29, 1.82) is 0 Å². The number of carbonyl (C=O) groups is 1. The lowest BCUT2D eigenvalue weighted by Gasteiger charge is -2.34. The highest BCUT2D eigenvalue weighted by Crippen LogP contribution is 2.32. The van der Waals surface area contributed by atoms with E-state index in [9.17, 15) is 13.2 Å². The van der Waals surface area contributed by atoms with Gasteiger partial charge >= 0.3 is 0 Å². The molecule has 1 aromatic heterocycles. The number of carbonyl (C=O) groups excluding carboxylic acids is 1. The van der Waals surface area contributed by atoms with Crippen LogP contribution in [-0.2, 0) is 16.6 Å². The molecule has 2 aromatic rings. The summed E-state index contributed by atoms with van der Waals surface area (Å²) < 4.78 is 39.0. The van der Waals surface area contributed by atoms with Gasteiger partial charge in [-0.25, -0.2) is 13.4 Å². The molecule has 1 N–H and O–H groups in total. The van der Waals surface area contributed by atoms with E-state index in [1.807, 2.05) is 6.92 Å². The van der Waals surface area contributed by atoms with Gasteiger partial charge in [-0.15, -0.1) is 0 Å². The van der Waals surface area contributed by atoms with Crippen LogP contribution in [0.5, 0.6) is 11.6 Å². The van der Waals surface area contributed by atoms with Crippen molar-refractivity contribution in [3.05, 3.63) is 47.7 Å². The van der Waals surface area contributed by atoms with Gasteiger partial charge in [0.05, 0.1) is 13.7 Å². The van der Waals surface area contributed by atoms with E-state index in [4.69, 9.17) is 9.47 Å². The monoisotopic (exact) mass is 461 g/mol. The third-order valence-corrected chi connectivity index (χ3v) is 7.28. The topological polar surface area (TPSA) is 97.8 Å². The molecule has 3 rings (SSSR count). The van der Waals surface area contributed by atoms with Crippen molar-refractivity contribution in [2.45, 2.75) is 38.6 Å². The number of hydrogen-bond donors (Lipinski definition) is 1. The first-order chi connectivity index (χ1) is 15.2. The molecular weight excluding hydrogens is 430 g/mol. The van der Waals surface area contributed by atoms with Crippen molar-refractivity contribution >= 4 is 15.9 Å². The van der Waals surface area contributed by atoms with Crippen LogP contribution in [0.4, 0.5) is 0 Å². The molecule has 1 amide bonds. The lowest BCUT2D eigenvalue weighted by atomic mass is 9.94. The first kappa shape index (κ1) is 24.0. The Bertz CT molecular complexity index is 1050. The number of hydrogen-bond acceptors (Lipinski definition) is 6. The first-order valence-electron chi connectivity index (χ1n) is 10.8. The fourth-order valence-corrected chi connectivity index (χ4v) is 5.89. The van der Waals surface area contributed by atoms with E-state index in [0.717, 1.165) is 12.0 Å². The van der Waals surface area contributed by atoms with Gasteiger partial charge in [0.2, 0.25) is 15.9 Å². The molecule has 32 heavy (non-hydrogen) atoms. The smallest absolute Gasteiger partial charge is 0.251 e. The first-order valence-corrected chi connectivity index (χ1v) is 12.2. The minimum absolute atomic E-state index is 0.0106. The number of nitrogens with zero attached hydrogens (tertiary/aromatic N) is 2. The quantitative estimate of drug-likeness (QED) is 0.649. The Balaban J connectivity index is 1.81. The number of methoxy groups -OCH3 is 1. The van der Waals surface area contributed by atoms with Gasteiger partial charge in [0.1, 0.15) is 10.6 Å². The van der Waals surface area contributed by atoms with Crippen LogP contribution < -0.4 is 14.8 Å². The molecule has 9 heteroatoms. The number of piperidine rings is 1. The highest BCUT2D eigenvalue weighted by Gasteiger charge is 2.34. The molecular formula is C23H31N3O5S. The van der Waals surface area contributed by atoms with E-state index in [1.165, 1.54) is 23.5 Å². The summed E-state index contributed by atoms with van der Waals surface area (Å²) in [7, 11) is -2.38. The standard InChI is InChI=1S/C23H31N3O5S/c1-5-31-22-11-18(8-9-24-22)13-25-23(27)19-6-7-20(30-4)21(12-19)32(28,29)26-14-16(2)10-17(3)15-26/h6-9,11-12,16-17H,5,10,13-15H2,1-4H3,(H,25,27). The summed E-state index contributed by atoms with van der Waals surface area (Å²) in [4.78, 5) is 16.9. The summed E-state index contributed by atoms with van der Waals surface area (Å²) in [5.74, 6) is 0.880. The van der Waals surface area contributed by atoms with Gasteiger partial charge in [-0.2, -0.15) is 4.31 Å². The van der Waals surface area contributed by atoms with Gasteiger partial charge in [0.15, 0.2) is 0 Å². The van der Waals surface area contributed by atoms with Crippen LogP contribution in [0.1, 0.15) is 43.1 Å². The zero-order valence-electron chi connectivity index (χ0n) is 19.0. The number of sulfonamides is 1. The number of ether oxygens (including phenoxy) is 2. The molecule has 0 aliphatic carbocycles. The molecule has 8 nitrogen and oxygen atoms in total. The van der Waals surface area contributed by atoms with Crippen molar-refractivity contribution in [1.82, 2.24) is 14.6 Å². The molecule has 1 aliphatic rings. The van der Waals surface area contributed by atoms with Gasteiger partial charge in [0, 0.05) is 37.5 Å². The average molecular weight is 462 g/mol. The van der Waals surface area contributed by atoms with E-state index < -0.39 is 10.0 Å². The zero-order valence-corrected chi connectivity index (χ0v) is 19.8. The van der Waals surface area contributed by atoms with Gasteiger partial charge in [-0.1, -0.05) is 13.8 Å². The number of nitrogens with one attached hydrogen (secondary N) is 1. The van der Waals surface area contributed by atoms with Crippen molar-refractivity contribution in [3.8, 4) is 11.6 Å². The molecule has 1 saturated heterocycles. The van der Waals surface area contributed by atoms with E-state index in [0.29, 0.717) is 25.6 Å². The lowest BCUT2D eigenvalue weighted by molar-refractivity contribution is 0.0950. The molecule has 0 spiro atoms. The van der Waals surface area contributed by atoms with Gasteiger partial charge in [0.25, 0.3) is 5.91 Å². The molecule has 2 heterocycles. The highest BCUT2D eigenvalue weighted by molar-refractivity contribution is 7.89. The summed E-state index contributed by atoms with van der Waals surface area (Å²) in [6.07, 6.45) is 2.61. The van der Waals surface area contributed by atoms with Crippen LogP contribution in [0.25, 0.3) is 0 Å². The summed E-state index contributed by atoms with van der Waals surface area (Å²) in [5, 5.41) is 2.82. The second-order valence-electron chi connectivity index (χ2n) is 8.25. The molecule has 2 atom stereocenters. The Labute approximate surface area is 190 Å². The summed E-state index contributed by atoms with van der Waals surface area (Å²) in [5.41, 5.74) is 1.08. The number of amides is 1. The maximum absolute atomic E-state index is 13.4. The van der Waals surface area contributed by atoms with Gasteiger partial charge < -0.3 is 14.8 Å². The normalized spacial score (nSPS) is 19.4. The number of pyridine rings is 1. The average Bonchev–Trinajstić information content (AvgIpc) is 2.77. The molecule has 1 aromatic carbocycles. The Morgan fingerprint density at radius 3 is 2.56 bits per heavy atom. The van der Waals surface area contributed by atoms with Crippen molar-refractivity contribution in [2.24, 2.45) is 11.8 Å². The fourth-order valence-electron chi connectivity index (χ4n) is 4.03. The maximum Gasteiger partial charge on any atom is 0.251 e. The van der Waals surface area contributed by atoms with Crippen molar-refractivity contribution in [3.63, 3.8) is 0 Å². The number of benzene rings is 1.